The molecule has 2 bridgehead atoms. The van der Waals surface area contributed by atoms with Crippen molar-refractivity contribution in [2.24, 2.45) is 5.92 Å². The van der Waals surface area contributed by atoms with Crippen LogP contribution in [0.3, 0.4) is 0 Å². The smallest absolute Gasteiger partial charge is 0.415 e. The molecule has 7 nitrogen and oxygen atoms in total. The first kappa shape index (κ1) is 22.1. The SMILES string of the molecule is CNC(=O)c1ccc(Oc2cccc(OC(=O)N(C(C)C)C3CN4CCC3CC4)c2)cc1. The third kappa shape index (κ3) is 4.88. The van der Waals surface area contributed by atoms with Gasteiger partial charge in [0.25, 0.3) is 5.91 Å². The van der Waals surface area contributed by atoms with Gasteiger partial charge >= 0.3 is 6.09 Å². The number of carbonyl (C=O) groups is 2. The summed E-state index contributed by atoms with van der Waals surface area (Å²) in [5.74, 6) is 1.99. The summed E-state index contributed by atoms with van der Waals surface area (Å²) in [4.78, 5) is 29.2. The van der Waals surface area contributed by atoms with Gasteiger partial charge in [0, 0.05) is 31.3 Å². The minimum absolute atomic E-state index is 0.0614. The summed E-state index contributed by atoms with van der Waals surface area (Å²) in [6, 6.07) is 14.2. The summed E-state index contributed by atoms with van der Waals surface area (Å²) in [5, 5.41) is 2.59. The standard InChI is InChI=1S/C25H31N3O4/c1-17(2)28(23-16-27-13-11-18(23)12-14-27)25(30)32-22-6-4-5-21(15-22)31-20-9-7-19(8-10-20)24(29)26-3/h4-10,15,17-18,23H,11-14,16H2,1-3H3,(H,26,29). The lowest BCUT2D eigenvalue weighted by Crippen LogP contribution is -2.60. The van der Waals surface area contributed by atoms with E-state index in [0.29, 0.717) is 28.7 Å². The van der Waals surface area contributed by atoms with Crippen molar-refractivity contribution in [3.63, 3.8) is 0 Å². The van der Waals surface area contributed by atoms with Crippen LogP contribution in [0.2, 0.25) is 0 Å². The van der Waals surface area contributed by atoms with Crippen LogP contribution in [0.15, 0.2) is 48.5 Å². The predicted molar refractivity (Wildman–Crippen MR) is 122 cm³/mol. The fourth-order valence-corrected chi connectivity index (χ4v) is 4.69. The molecule has 2 aromatic rings. The van der Waals surface area contributed by atoms with Crippen molar-refractivity contribution in [2.45, 2.75) is 38.8 Å². The van der Waals surface area contributed by atoms with Crippen LogP contribution in [0, 0.1) is 5.92 Å². The Morgan fingerprint density at radius 1 is 1.03 bits per heavy atom. The largest absolute Gasteiger partial charge is 0.457 e. The topological polar surface area (TPSA) is 71.1 Å². The van der Waals surface area contributed by atoms with Crippen molar-refractivity contribution in [3.8, 4) is 17.2 Å². The highest BCUT2D eigenvalue weighted by atomic mass is 16.6. The molecule has 1 atom stereocenters. The molecule has 32 heavy (non-hydrogen) atoms. The first-order valence-corrected chi connectivity index (χ1v) is 11.3. The van der Waals surface area contributed by atoms with Crippen LogP contribution in [0.1, 0.15) is 37.0 Å². The maximum Gasteiger partial charge on any atom is 0.415 e. The number of benzene rings is 2. The van der Waals surface area contributed by atoms with E-state index in [0.717, 1.165) is 32.5 Å². The molecule has 2 aromatic carbocycles. The van der Waals surface area contributed by atoms with Crippen molar-refractivity contribution in [1.82, 2.24) is 15.1 Å². The van der Waals surface area contributed by atoms with Gasteiger partial charge in [0.05, 0.1) is 6.04 Å². The molecule has 0 spiro atoms. The zero-order valence-corrected chi connectivity index (χ0v) is 18.9. The number of hydrogen-bond donors (Lipinski definition) is 1. The highest BCUT2D eigenvalue weighted by Crippen LogP contribution is 2.33. The maximum atomic E-state index is 13.1. The van der Waals surface area contributed by atoms with Crippen LogP contribution < -0.4 is 14.8 Å². The second-order valence-corrected chi connectivity index (χ2v) is 8.75. The Morgan fingerprint density at radius 3 is 2.31 bits per heavy atom. The third-order valence-corrected chi connectivity index (χ3v) is 6.34. The predicted octanol–water partition coefficient (Wildman–Crippen LogP) is 4.14. The van der Waals surface area contributed by atoms with Crippen LogP contribution in [0.4, 0.5) is 4.79 Å². The van der Waals surface area contributed by atoms with Gasteiger partial charge in [0.15, 0.2) is 0 Å². The van der Waals surface area contributed by atoms with Gasteiger partial charge < -0.3 is 24.6 Å². The second-order valence-electron chi connectivity index (χ2n) is 8.75. The molecule has 3 aliphatic rings. The molecule has 3 heterocycles. The molecule has 1 N–H and O–H groups in total. The Morgan fingerprint density at radius 2 is 1.72 bits per heavy atom. The van der Waals surface area contributed by atoms with E-state index >= 15 is 0 Å². The highest BCUT2D eigenvalue weighted by molar-refractivity contribution is 5.94. The molecule has 5 rings (SSSR count). The Balaban J connectivity index is 1.43. The zero-order valence-electron chi connectivity index (χ0n) is 18.9. The lowest BCUT2D eigenvalue weighted by Gasteiger charge is -2.49. The molecule has 0 aromatic heterocycles. The fourth-order valence-electron chi connectivity index (χ4n) is 4.69. The van der Waals surface area contributed by atoms with Crippen LogP contribution in [-0.4, -0.2) is 60.6 Å². The van der Waals surface area contributed by atoms with E-state index in [4.69, 9.17) is 9.47 Å². The van der Waals surface area contributed by atoms with E-state index in [1.165, 1.54) is 0 Å². The van der Waals surface area contributed by atoms with Gasteiger partial charge in [-0.25, -0.2) is 4.79 Å². The number of nitrogens with zero attached hydrogens (tertiary/aromatic N) is 2. The molecule has 3 aliphatic heterocycles. The number of amides is 2. The fraction of sp³-hybridized carbons (Fsp3) is 0.440. The molecular weight excluding hydrogens is 406 g/mol. The van der Waals surface area contributed by atoms with Gasteiger partial charge in [-0.15, -0.1) is 0 Å². The minimum Gasteiger partial charge on any atom is -0.457 e. The lowest BCUT2D eigenvalue weighted by atomic mass is 9.83. The van der Waals surface area contributed by atoms with E-state index in [1.807, 2.05) is 18.7 Å². The van der Waals surface area contributed by atoms with Crippen molar-refractivity contribution < 1.29 is 19.1 Å². The minimum atomic E-state index is -0.314. The third-order valence-electron chi connectivity index (χ3n) is 6.34. The zero-order chi connectivity index (χ0) is 22.7. The van der Waals surface area contributed by atoms with Gasteiger partial charge in [0.2, 0.25) is 0 Å². The first-order chi connectivity index (χ1) is 15.4. The summed E-state index contributed by atoms with van der Waals surface area (Å²) < 4.78 is 11.7. The van der Waals surface area contributed by atoms with Gasteiger partial charge in [-0.2, -0.15) is 0 Å². The molecule has 7 heteroatoms. The van der Waals surface area contributed by atoms with Gasteiger partial charge in [0.1, 0.15) is 17.2 Å². The Kier molecular flexibility index (Phi) is 6.65. The molecule has 3 fully saturated rings. The van der Waals surface area contributed by atoms with E-state index in [2.05, 4.69) is 10.2 Å². The van der Waals surface area contributed by atoms with Gasteiger partial charge in [-0.05, 0) is 82.1 Å². The molecular formula is C25H31N3O4. The number of rotatable bonds is 6. The van der Waals surface area contributed by atoms with Gasteiger partial charge in [-0.3, -0.25) is 4.79 Å². The number of ether oxygens (including phenoxy) is 2. The number of nitrogens with one attached hydrogen (secondary N) is 1. The van der Waals surface area contributed by atoms with E-state index in [-0.39, 0.29) is 24.1 Å². The molecule has 0 aliphatic carbocycles. The molecule has 3 saturated heterocycles. The van der Waals surface area contributed by atoms with Gasteiger partial charge in [-0.1, -0.05) is 6.07 Å². The van der Waals surface area contributed by atoms with Crippen molar-refractivity contribution in [1.29, 1.82) is 0 Å². The Bertz CT molecular complexity index is 952. The normalized spacial score (nSPS) is 21.8. The summed E-state index contributed by atoms with van der Waals surface area (Å²) >= 11 is 0. The summed E-state index contributed by atoms with van der Waals surface area (Å²) in [5.41, 5.74) is 0.559. The second kappa shape index (κ2) is 9.61. The summed E-state index contributed by atoms with van der Waals surface area (Å²) in [6.45, 7) is 7.27. The van der Waals surface area contributed by atoms with E-state index in [1.54, 1.807) is 55.6 Å². The lowest BCUT2D eigenvalue weighted by molar-refractivity contribution is 0.00132. The number of carbonyl (C=O) groups excluding carboxylic acids is 2. The first-order valence-electron chi connectivity index (χ1n) is 11.3. The average Bonchev–Trinajstić information content (AvgIpc) is 2.80. The Hall–Kier alpha value is -3.06. The number of piperidine rings is 3. The van der Waals surface area contributed by atoms with E-state index in [9.17, 15) is 9.59 Å². The number of fused-ring (bicyclic) bond motifs is 3. The van der Waals surface area contributed by atoms with Crippen LogP contribution in [-0.2, 0) is 0 Å². The highest BCUT2D eigenvalue weighted by Gasteiger charge is 2.41. The van der Waals surface area contributed by atoms with E-state index < -0.39 is 0 Å². The average molecular weight is 438 g/mol. The van der Waals surface area contributed by atoms with Crippen LogP contribution in [0.5, 0.6) is 17.2 Å². The van der Waals surface area contributed by atoms with Crippen molar-refractivity contribution in [2.75, 3.05) is 26.7 Å². The summed E-state index contributed by atoms with van der Waals surface area (Å²) in [7, 11) is 1.59. The monoisotopic (exact) mass is 437 g/mol. The Labute approximate surface area is 189 Å². The molecule has 2 amide bonds. The quantitative estimate of drug-likeness (QED) is 0.735. The molecule has 1 unspecified atom stereocenters. The maximum absolute atomic E-state index is 13.1. The molecule has 0 radical (unpaired) electrons. The molecule has 170 valence electrons. The van der Waals surface area contributed by atoms with Crippen LogP contribution >= 0.6 is 0 Å². The number of hydrogen-bond acceptors (Lipinski definition) is 5. The van der Waals surface area contributed by atoms with Crippen LogP contribution in [0.25, 0.3) is 0 Å². The molecule has 0 saturated carbocycles. The van der Waals surface area contributed by atoms with Crippen molar-refractivity contribution in [3.05, 3.63) is 54.1 Å². The summed E-state index contributed by atoms with van der Waals surface area (Å²) in [6.07, 6.45) is 1.97. The van der Waals surface area contributed by atoms with Crippen molar-refractivity contribution >= 4 is 12.0 Å².